The summed E-state index contributed by atoms with van der Waals surface area (Å²) in [6.45, 7) is -0.210. The molecule has 6 nitrogen and oxygen atoms in total. The second-order valence-corrected chi connectivity index (χ2v) is 4.25. The van der Waals surface area contributed by atoms with Gasteiger partial charge in [-0.15, -0.1) is 0 Å². The highest BCUT2D eigenvalue weighted by molar-refractivity contribution is 5.81. The predicted molar refractivity (Wildman–Crippen MR) is 63.4 cm³/mol. The maximum absolute atomic E-state index is 14.1. The molecule has 2 aromatic rings. The van der Waals surface area contributed by atoms with Crippen molar-refractivity contribution in [1.82, 2.24) is 19.5 Å². The molecule has 0 aromatic carbocycles. The molecule has 0 amide bonds. The number of nitrogens with zero attached hydrogens (tertiary/aromatic N) is 4. The van der Waals surface area contributed by atoms with Gasteiger partial charge in [0.2, 0.25) is 0 Å². The molecular formula is C11H12FN5O. The summed E-state index contributed by atoms with van der Waals surface area (Å²) in [6.07, 6.45) is 5.02. The molecule has 3 N–H and O–H groups in total. The molecule has 0 bridgehead atoms. The molecule has 0 fully saturated rings. The molecule has 94 valence electrons. The van der Waals surface area contributed by atoms with Gasteiger partial charge in [0.25, 0.3) is 0 Å². The van der Waals surface area contributed by atoms with Crippen LogP contribution in [0.15, 0.2) is 24.8 Å². The molecule has 0 saturated heterocycles. The molecule has 1 aliphatic carbocycles. The number of aliphatic hydroxyl groups is 1. The van der Waals surface area contributed by atoms with Gasteiger partial charge in [0.1, 0.15) is 18.0 Å². The lowest BCUT2D eigenvalue weighted by atomic mass is 10.1. The van der Waals surface area contributed by atoms with Crippen LogP contribution in [0.2, 0.25) is 0 Å². The van der Waals surface area contributed by atoms with Crippen LogP contribution < -0.4 is 5.73 Å². The van der Waals surface area contributed by atoms with E-state index in [-0.39, 0.29) is 12.4 Å². The molecule has 2 heterocycles. The molecular weight excluding hydrogens is 237 g/mol. The number of alkyl halides is 1. The van der Waals surface area contributed by atoms with Gasteiger partial charge < -0.3 is 15.4 Å². The van der Waals surface area contributed by atoms with Gasteiger partial charge in [-0.1, -0.05) is 12.2 Å². The van der Waals surface area contributed by atoms with Gasteiger partial charge in [0, 0.05) is 5.92 Å². The first-order valence-corrected chi connectivity index (χ1v) is 5.58. The van der Waals surface area contributed by atoms with Gasteiger partial charge in [0.15, 0.2) is 11.5 Å². The second kappa shape index (κ2) is 4.02. The molecule has 3 rings (SSSR count). The lowest BCUT2D eigenvalue weighted by Gasteiger charge is -2.17. The standard InChI is InChI=1S/C11H12FN5O/c12-8-6(3-18)1-2-7(8)17-5-16-9-10(13)14-4-15-11(9)17/h1-2,4-8,18H,3H2,(H2,13,14,15)/t6-,7+,8-/m0/s1. The largest absolute Gasteiger partial charge is 0.396 e. The smallest absolute Gasteiger partial charge is 0.166 e. The summed E-state index contributed by atoms with van der Waals surface area (Å²) in [7, 11) is 0. The normalized spacial score (nSPS) is 27.1. The van der Waals surface area contributed by atoms with Crippen molar-refractivity contribution in [3.8, 4) is 0 Å². The third-order valence-corrected chi connectivity index (χ3v) is 3.21. The Hall–Kier alpha value is -2.02. The van der Waals surface area contributed by atoms with E-state index < -0.39 is 18.1 Å². The Balaban J connectivity index is 2.06. The number of nitrogens with two attached hydrogens (primary N) is 1. The van der Waals surface area contributed by atoms with Crippen molar-refractivity contribution in [1.29, 1.82) is 0 Å². The number of fused-ring (bicyclic) bond motifs is 1. The molecule has 3 atom stereocenters. The minimum absolute atomic E-state index is 0.210. The van der Waals surface area contributed by atoms with Crippen molar-refractivity contribution in [2.45, 2.75) is 12.2 Å². The number of aliphatic hydroxyl groups excluding tert-OH is 1. The van der Waals surface area contributed by atoms with Crippen LogP contribution >= 0.6 is 0 Å². The Morgan fingerprint density at radius 2 is 2.17 bits per heavy atom. The van der Waals surface area contributed by atoms with E-state index in [2.05, 4.69) is 15.0 Å². The molecule has 0 radical (unpaired) electrons. The summed E-state index contributed by atoms with van der Waals surface area (Å²) >= 11 is 0. The predicted octanol–water partition coefficient (Wildman–Crippen LogP) is 0.466. The van der Waals surface area contributed by atoms with Gasteiger partial charge in [-0.25, -0.2) is 19.3 Å². The van der Waals surface area contributed by atoms with Crippen LogP contribution in [-0.2, 0) is 0 Å². The SMILES string of the molecule is Nc1ncnc2c1ncn2[C@@H]1C=C[C@@H](CO)[C@@H]1F. The summed E-state index contributed by atoms with van der Waals surface area (Å²) in [5.41, 5.74) is 6.64. The van der Waals surface area contributed by atoms with Crippen LogP contribution in [0.4, 0.5) is 10.2 Å². The van der Waals surface area contributed by atoms with Crippen molar-refractivity contribution < 1.29 is 9.50 Å². The van der Waals surface area contributed by atoms with Gasteiger partial charge in [-0.05, 0) is 0 Å². The van der Waals surface area contributed by atoms with E-state index >= 15 is 0 Å². The van der Waals surface area contributed by atoms with Crippen molar-refractivity contribution >= 4 is 17.0 Å². The molecule has 0 aliphatic heterocycles. The van der Waals surface area contributed by atoms with Crippen molar-refractivity contribution in [2.24, 2.45) is 5.92 Å². The Bertz CT molecular complexity index is 610. The highest BCUT2D eigenvalue weighted by Crippen LogP contribution is 2.33. The number of nitrogen functional groups attached to an aromatic ring is 1. The van der Waals surface area contributed by atoms with Crippen molar-refractivity contribution in [3.63, 3.8) is 0 Å². The second-order valence-electron chi connectivity index (χ2n) is 4.25. The fourth-order valence-electron chi connectivity index (χ4n) is 2.22. The number of anilines is 1. The molecule has 0 saturated carbocycles. The maximum atomic E-state index is 14.1. The summed E-state index contributed by atoms with van der Waals surface area (Å²) in [5, 5.41) is 9.05. The van der Waals surface area contributed by atoms with E-state index in [1.165, 1.54) is 12.7 Å². The Morgan fingerprint density at radius 3 is 2.89 bits per heavy atom. The van der Waals surface area contributed by atoms with Crippen LogP contribution in [0.3, 0.4) is 0 Å². The number of aromatic nitrogens is 4. The zero-order valence-corrected chi connectivity index (χ0v) is 9.44. The Labute approximate surface area is 102 Å². The summed E-state index contributed by atoms with van der Waals surface area (Å²) in [6, 6.07) is -0.513. The molecule has 7 heteroatoms. The Morgan fingerprint density at radius 1 is 1.33 bits per heavy atom. The van der Waals surface area contributed by atoms with Crippen molar-refractivity contribution in [2.75, 3.05) is 12.3 Å². The van der Waals surface area contributed by atoms with Gasteiger partial charge >= 0.3 is 0 Å². The zero-order chi connectivity index (χ0) is 12.7. The summed E-state index contributed by atoms with van der Waals surface area (Å²) < 4.78 is 15.7. The third kappa shape index (κ3) is 1.47. The minimum Gasteiger partial charge on any atom is -0.396 e. The van der Waals surface area contributed by atoms with Gasteiger partial charge in [-0.2, -0.15) is 0 Å². The van der Waals surface area contributed by atoms with E-state index in [0.717, 1.165) is 0 Å². The topological polar surface area (TPSA) is 89.9 Å². The number of halogens is 1. The average molecular weight is 249 g/mol. The summed E-state index contributed by atoms with van der Waals surface area (Å²) in [4.78, 5) is 12.0. The van der Waals surface area contributed by atoms with E-state index in [4.69, 9.17) is 10.8 Å². The van der Waals surface area contributed by atoms with Crippen LogP contribution in [0.1, 0.15) is 6.04 Å². The highest BCUT2D eigenvalue weighted by atomic mass is 19.1. The zero-order valence-electron chi connectivity index (χ0n) is 9.44. The Kier molecular flexibility index (Phi) is 2.48. The number of hydrogen-bond donors (Lipinski definition) is 2. The van der Waals surface area contributed by atoms with E-state index in [0.29, 0.717) is 11.2 Å². The molecule has 18 heavy (non-hydrogen) atoms. The third-order valence-electron chi connectivity index (χ3n) is 3.21. The highest BCUT2D eigenvalue weighted by Gasteiger charge is 2.33. The lowest BCUT2D eigenvalue weighted by molar-refractivity contribution is 0.155. The maximum Gasteiger partial charge on any atom is 0.166 e. The van der Waals surface area contributed by atoms with Crippen LogP contribution in [-0.4, -0.2) is 37.4 Å². The number of hydrogen-bond acceptors (Lipinski definition) is 5. The first-order valence-electron chi connectivity index (χ1n) is 5.58. The quantitative estimate of drug-likeness (QED) is 0.755. The minimum atomic E-state index is -1.19. The van der Waals surface area contributed by atoms with E-state index in [1.807, 2.05) is 0 Å². The van der Waals surface area contributed by atoms with Gasteiger partial charge in [0.05, 0.1) is 19.0 Å². The molecule has 2 aromatic heterocycles. The first-order chi connectivity index (χ1) is 8.72. The molecule has 0 unspecified atom stereocenters. The fraction of sp³-hybridized carbons (Fsp3) is 0.364. The number of imidazole rings is 1. The van der Waals surface area contributed by atoms with Crippen LogP contribution in [0.5, 0.6) is 0 Å². The summed E-state index contributed by atoms with van der Waals surface area (Å²) in [5.74, 6) is -0.207. The lowest BCUT2D eigenvalue weighted by Crippen LogP contribution is -2.22. The van der Waals surface area contributed by atoms with Crippen LogP contribution in [0, 0.1) is 5.92 Å². The van der Waals surface area contributed by atoms with E-state index in [1.54, 1.807) is 16.7 Å². The van der Waals surface area contributed by atoms with Gasteiger partial charge in [-0.3, -0.25) is 0 Å². The molecule has 1 aliphatic rings. The first kappa shape index (κ1) is 11.1. The monoisotopic (exact) mass is 249 g/mol. The van der Waals surface area contributed by atoms with E-state index in [9.17, 15) is 4.39 Å². The van der Waals surface area contributed by atoms with Crippen molar-refractivity contribution in [3.05, 3.63) is 24.8 Å². The number of allylic oxidation sites excluding steroid dienone is 1. The fourth-order valence-corrected chi connectivity index (χ4v) is 2.22. The number of rotatable bonds is 2. The van der Waals surface area contributed by atoms with Crippen LogP contribution in [0.25, 0.3) is 11.2 Å². The molecule has 0 spiro atoms. The average Bonchev–Trinajstić information content (AvgIpc) is 2.93.